The molecule has 8 heteroatoms. The van der Waals surface area contributed by atoms with Crippen molar-refractivity contribution in [2.45, 2.75) is 274 Å². The van der Waals surface area contributed by atoms with Crippen LogP contribution in [0.4, 0.5) is 13.2 Å². The van der Waals surface area contributed by atoms with E-state index < -0.39 is 0 Å². The molecule has 18 aromatic rings. The molecule has 0 aliphatic heterocycles. The van der Waals surface area contributed by atoms with E-state index in [4.69, 9.17) is 0 Å². The van der Waals surface area contributed by atoms with Crippen molar-refractivity contribution >= 4 is 53.9 Å². The fraction of sp³-hybridized carbons (Fsp3) is 0.331. The van der Waals surface area contributed by atoms with Crippen LogP contribution in [0.2, 0.25) is 0 Å². The third kappa shape index (κ3) is 22.7. The summed E-state index contributed by atoms with van der Waals surface area (Å²) in [4.78, 5) is 0. The monoisotopic (exact) mass is 1960 g/mol. The Kier molecular flexibility index (Phi) is 35.5. The zero-order valence-corrected chi connectivity index (χ0v) is 94.2. The van der Waals surface area contributed by atoms with E-state index in [0.29, 0.717) is 46.3 Å². The van der Waals surface area contributed by atoms with E-state index in [2.05, 4.69) is 396 Å². The molecule has 758 valence electrons. The van der Waals surface area contributed by atoms with Gasteiger partial charge in [-0.2, -0.15) is 22.8 Å². The van der Waals surface area contributed by atoms with Crippen LogP contribution in [0.3, 0.4) is 0 Å². The van der Waals surface area contributed by atoms with E-state index in [9.17, 15) is 8.78 Å². The van der Waals surface area contributed by atoms with Crippen LogP contribution in [0.5, 0.6) is 0 Å². The van der Waals surface area contributed by atoms with Gasteiger partial charge in [-0.1, -0.05) is 239 Å². The predicted octanol–water partition coefficient (Wildman–Crippen LogP) is 36.5. The van der Waals surface area contributed by atoms with Crippen LogP contribution < -0.4 is 22.8 Å². The second-order valence-corrected chi connectivity index (χ2v) is 42.1. The molecule has 18 rings (SSSR count). The van der Waals surface area contributed by atoms with Gasteiger partial charge in [-0.05, 0) is 374 Å². The molecule has 0 unspecified atom stereocenters. The molecule has 0 N–H and O–H groups in total. The maximum absolute atomic E-state index is 15.3. The van der Waals surface area contributed by atoms with Gasteiger partial charge in [0.1, 0.15) is 52.7 Å². The number of nitrogens with zero attached hydrogens (tertiary/aromatic N) is 5. The summed E-state index contributed by atoms with van der Waals surface area (Å²) in [6.07, 6.45) is 11.6. The molecule has 0 saturated heterocycles. The Morgan fingerprint density at radius 2 is 0.503 bits per heavy atom. The molecule has 0 bridgehead atoms. The number of fused-ring (bicyclic) bond motifs is 5. The van der Waals surface area contributed by atoms with Crippen molar-refractivity contribution in [1.82, 2.24) is 0 Å². The lowest BCUT2D eigenvalue weighted by atomic mass is 9.89. The Morgan fingerprint density at radius 1 is 0.197 bits per heavy atom. The van der Waals surface area contributed by atoms with Gasteiger partial charge in [-0.3, -0.25) is 0 Å². The van der Waals surface area contributed by atoms with Gasteiger partial charge in [0.2, 0.25) is 28.5 Å². The largest absolute Gasteiger partial charge is 0.223 e. The average molecular weight is 1960 g/mol. The lowest BCUT2D eigenvalue weighted by Gasteiger charge is -2.16. The SMILES string of the molecule is CCC(CC)c1ccc2c(-c3c(C)c(C)cc(C)c3F)[n+](C)c(C)cc2c1.CCC(CC)c1ccc2c(-c3cc(-c4ccccc4)c(F)cc3C)[n+](C)c(C)cc2c1.CCC(CC)c1ccc2c(-c3cc(C)c(F)c(C)c3C)[n+](C)c(C)cc2c1.CCC(CC)c1ccc2c(-c3ccc(-c4c(C)cccc4C)cc3C)[n+](C)c(C)cc2c1.CCC(CC)c1ccc2c(-c3ccc(-c4ccccc4)cc3C)[n+](C)c(C)cc2c1. The molecule has 0 atom stereocenters. The Hall–Kier alpha value is -13.3. The van der Waals surface area contributed by atoms with Crippen LogP contribution in [-0.2, 0) is 35.2 Å². The van der Waals surface area contributed by atoms with Gasteiger partial charge in [0.25, 0.3) is 0 Å². The molecule has 0 amide bonds. The van der Waals surface area contributed by atoms with Crippen molar-refractivity contribution in [3.63, 3.8) is 0 Å². The zero-order chi connectivity index (χ0) is 106. The molecular formula is C139H161F3N5+5. The van der Waals surface area contributed by atoms with E-state index in [1.807, 2.05) is 97.1 Å². The fourth-order valence-electron chi connectivity index (χ4n) is 23.1. The van der Waals surface area contributed by atoms with Crippen molar-refractivity contribution in [2.75, 3.05) is 0 Å². The maximum Gasteiger partial charge on any atom is 0.223 e. The minimum absolute atomic E-state index is 0.0909. The van der Waals surface area contributed by atoms with Crippen LogP contribution in [-0.4, -0.2) is 0 Å². The number of aromatic nitrogens is 5. The number of rotatable bonds is 23. The molecule has 0 spiro atoms. The highest BCUT2D eigenvalue weighted by atomic mass is 19.1. The lowest BCUT2D eigenvalue weighted by molar-refractivity contribution is -0.665. The number of hydrogen-bond donors (Lipinski definition) is 0. The molecule has 0 saturated carbocycles. The third-order valence-corrected chi connectivity index (χ3v) is 33.0. The van der Waals surface area contributed by atoms with Gasteiger partial charge in [0.15, 0.2) is 28.5 Å². The Morgan fingerprint density at radius 3 is 0.857 bits per heavy atom. The highest BCUT2D eigenvalue weighted by Crippen LogP contribution is 2.44. The van der Waals surface area contributed by atoms with Crippen LogP contribution in [0, 0.1) is 128 Å². The van der Waals surface area contributed by atoms with E-state index >= 15 is 4.39 Å². The van der Waals surface area contributed by atoms with Gasteiger partial charge in [0.05, 0.1) is 43.6 Å². The zero-order valence-electron chi connectivity index (χ0n) is 94.2. The smallest absolute Gasteiger partial charge is 0.206 e. The Labute approximate surface area is 878 Å². The lowest BCUT2D eigenvalue weighted by Crippen LogP contribution is -2.35. The summed E-state index contributed by atoms with van der Waals surface area (Å²) >= 11 is 0. The van der Waals surface area contributed by atoms with Gasteiger partial charge in [-0.25, -0.2) is 13.2 Å². The second-order valence-electron chi connectivity index (χ2n) is 42.1. The quantitative estimate of drug-likeness (QED) is 0.0569. The van der Waals surface area contributed by atoms with Gasteiger partial charge in [0, 0.05) is 81.6 Å². The predicted molar refractivity (Wildman–Crippen MR) is 621 cm³/mol. The van der Waals surface area contributed by atoms with E-state index in [1.54, 1.807) is 6.07 Å². The van der Waals surface area contributed by atoms with Crippen molar-refractivity contribution in [3.05, 3.63) is 396 Å². The molecule has 0 aliphatic carbocycles. The number of pyridine rings is 5. The summed E-state index contributed by atoms with van der Waals surface area (Å²) in [6.45, 7) is 56.1. The van der Waals surface area contributed by atoms with Crippen molar-refractivity contribution in [2.24, 2.45) is 35.2 Å². The van der Waals surface area contributed by atoms with E-state index in [1.165, 1.54) is 197 Å². The summed E-state index contributed by atoms with van der Waals surface area (Å²) < 4.78 is 55.9. The summed E-state index contributed by atoms with van der Waals surface area (Å²) in [6, 6.07) is 94.6. The minimum Gasteiger partial charge on any atom is -0.206 e. The van der Waals surface area contributed by atoms with Crippen LogP contribution >= 0.6 is 0 Å². The third-order valence-electron chi connectivity index (χ3n) is 33.0. The highest BCUT2D eigenvalue weighted by Gasteiger charge is 2.31. The average Bonchev–Trinajstić information content (AvgIpc) is 0.733. The maximum atomic E-state index is 15.3. The second kappa shape index (κ2) is 47.7. The number of aryl methyl sites for hydroxylation is 13. The topological polar surface area (TPSA) is 19.4 Å². The number of hydrogen-bond acceptors (Lipinski definition) is 0. The molecule has 5 aromatic heterocycles. The summed E-state index contributed by atoms with van der Waals surface area (Å²) in [7, 11) is 10.6. The standard InChI is InChI=1S/C31H36N.C29H31FN.C29H32N.2C25H31FN/c1-8-24(9-2)25-13-16-29-27(19-25)18-23(6)32(7)31(29)28-15-14-26(17-22(28)5)30-20(3)11-10-12-21(30)4;1-6-21(7-2)23-13-14-25-24(17-23)16-20(4)31(5)29(25)26-18-27(28(30)15-19(26)3)22-11-9-8-10-12-22;1-6-22(7-2)25-14-16-28-26(19-25)18-21(4)30(5)29(28)27-15-13-24(17-20(27)3)23-11-9-8-10-12-23;1-8-19(9-2)20-10-11-22-21(14-20)13-16(4)27(7)25(22)23-12-15(3)24(26)18(6)17(23)5;1-8-19(9-2)20-10-11-22-21(14-20)13-17(5)27(7)25(22)23-18(6)15(3)12-16(4)24(23)26/h10-19,24H,8-9H2,1-7H3;8-18,21H,6-7H2,1-5H3;8-19,22H,6-7H2,1-5H3;2*10-14,19H,8-9H2,1-7H3/q5*+1. The molecule has 0 fully saturated rings. The minimum atomic E-state index is -0.178. The Balaban J connectivity index is 0.000000145. The molecule has 5 heterocycles. The Bertz CT molecular complexity index is 7850. The fourth-order valence-corrected chi connectivity index (χ4v) is 23.1. The summed E-state index contributed by atoms with van der Waals surface area (Å²) in [5, 5.41) is 12.6. The normalized spacial score (nSPS) is 11.5. The first-order chi connectivity index (χ1) is 70.4. The first-order valence-corrected chi connectivity index (χ1v) is 54.3. The van der Waals surface area contributed by atoms with Gasteiger partial charge < -0.3 is 0 Å². The number of halogens is 3. The first kappa shape index (κ1) is 109. The molecular weight excluding hydrogens is 1800 g/mol. The van der Waals surface area contributed by atoms with Gasteiger partial charge in [-0.15, -0.1) is 0 Å². The number of benzene rings is 13. The first-order valence-electron chi connectivity index (χ1n) is 54.3. The van der Waals surface area contributed by atoms with Gasteiger partial charge >= 0.3 is 0 Å². The molecule has 5 nitrogen and oxygen atoms in total. The van der Waals surface area contributed by atoms with Crippen molar-refractivity contribution in [3.8, 4) is 89.7 Å². The molecule has 147 heavy (non-hydrogen) atoms. The van der Waals surface area contributed by atoms with E-state index in [0.717, 1.165) is 111 Å². The molecule has 13 aromatic carbocycles. The summed E-state index contributed by atoms with van der Waals surface area (Å²) in [5.41, 5.74) is 43.0. The highest BCUT2D eigenvalue weighted by molar-refractivity contribution is 6.00. The molecule has 0 aliphatic rings. The van der Waals surface area contributed by atoms with Crippen LogP contribution in [0.1, 0.15) is 281 Å². The van der Waals surface area contributed by atoms with Crippen molar-refractivity contribution in [1.29, 1.82) is 0 Å². The molecule has 0 radical (unpaired) electrons. The van der Waals surface area contributed by atoms with Crippen LogP contribution in [0.25, 0.3) is 144 Å². The van der Waals surface area contributed by atoms with Crippen LogP contribution in [0.15, 0.2) is 261 Å². The van der Waals surface area contributed by atoms with E-state index in [-0.39, 0.29) is 17.5 Å². The summed E-state index contributed by atoms with van der Waals surface area (Å²) in [5.74, 6) is 2.66. The van der Waals surface area contributed by atoms with Crippen molar-refractivity contribution < 1.29 is 36.0 Å².